The highest BCUT2D eigenvalue weighted by molar-refractivity contribution is 5.84. The highest BCUT2D eigenvalue weighted by Gasteiger charge is 2.23. The lowest BCUT2D eigenvalue weighted by Gasteiger charge is -2.35. The molecule has 0 radical (unpaired) electrons. The molecule has 2 unspecified atom stereocenters. The summed E-state index contributed by atoms with van der Waals surface area (Å²) < 4.78 is 24.8. The third-order valence-corrected chi connectivity index (χ3v) is 5.85. The quantitative estimate of drug-likeness (QED) is 0.461. The molecule has 3 rings (SSSR count). The summed E-state index contributed by atoms with van der Waals surface area (Å²) in [5, 5.41) is 6.74. The molecule has 1 aromatic rings. The third kappa shape index (κ3) is 7.72. The summed E-state index contributed by atoms with van der Waals surface area (Å²) >= 11 is 0. The first-order chi connectivity index (χ1) is 15.5. The van der Waals surface area contributed by atoms with Gasteiger partial charge in [-0.05, 0) is 37.0 Å². The number of amides is 1. The summed E-state index contributed by atoms with van der Waals surface area (Å²) in [6.45, 7) is 5.01. The molecule has 2 aliphatic rings. The van der Waals surface area contributed by atoms with E-state index in [1.54, 1.807) is 14.1 Å². The van der Waals surface area contributed by atoms with E-state index < -0.39 is 0 Å². The van der Waals surface area contributed by atoms with Crippen molar-refractivity contribution in [3.63, 3.8) is 0 Å². The molecular formula is C23H36FN5O3. The molecule has 2 heterocycles. The highest BCUT2D eigenvalue weighted by atomic mass is 19.1. The number of carbonyl (C=O) groups is 1. The zero-order valence-corrected chi connectivity index (χ0v) is 19.2. The van der Waals surface area contributed by atoms with Crippen molar-refractivity contribution in [3.8, 4) is 0 Å². The third-order valence-electron chi connectivity index (χ3n) is 5.85. The predicted molar refractivity (Wildman–Crippen MR) is 122 cm³/mol. The van der Waals surface area contributed by atoms with Gasteiger partial charge in [-0.2, -0.15) is 0 Å². The fourth-order valence-corrected chi connectivity index (χ4v) is 3.87. The van der Waals surface area contributed by atoms with E-state index in [4.69, 9.17) is 9.47 Å². The number of hydrogen-bond acceptors (Lipinski definition) is 5. The van der Waals surface area contributed by atoms with Crippen LogP contribution in [0.25, 0.3) is 0 Å². The molecule has 9 heteroatoms. The Hall–Kier alpha value is -2.23. The minimum atomic E-state index is -0.249. The Morgan fingerprint density at radius 1 is 1.19 bits per heavy atom. The maximum atomic E-state index is 13.5. The van der Waals surface area contributed by atoms with Gasteiger partial charge in [0, 0.05) is 46.9 Å². The summed E-state index contributed by atoms with van der Waals surface area (Å²) in [5.74, 6) is 0.263. The van der Waals surface area contributed by atoms with Gasteiger partial charge in [0.05, 0.1) is 25.4 Å². The van der Waals surface area contributed by atoms with Crippen LogP contribution >= 0.6 is 0 Å². The molecule has 0 spiro atoms. The van der Waals surface area contributed by atoms with E-state index in [2.05, 4.69) is 20.5 Å². The Bertz CT molecular complexity index is 732. The number of halogens is 1. The molecule has 2 N–H and O–H groups in total. The number of benzene rings is 1. The molecule has 1 amide bonds. The molecule has 0 aliphatic carbocycles. The van der Waals surface area contributed by atoms with Crippen LogP contribution < -0.4 is 10.6 Å². The molecule has 32 heavy (non-hydrogen) atoms. The predicted octanol–water partition coefficient (Wildman–Crippen LogP) is 1.39. The van der Waals surface area contributed by atoms with Gasteiger partial charge in [0.2, 0.25) is 5.91 Å². The number of aliphatic imine (C=N–C) groups is 1. The van der Waals surface area contributed by atoms with Crippen molar-refractivity contribution >= 4 is 11.9 Å². The van der Waals surface area contributed by atoms with Gasteiger partial charge in [0.1, 0.15) is 12.4 Å². The number of ether oxygens (including phenoxy) is 2. The Labute approximate surface area is 190 Å². The number of hydrogen-bond donors (Lipinski definition) is 2. The molecule has 1 aromatic carbocycles. The van der Waals surface area contributed by atoms with E-state index in [1.165, 1.54) is 17.0 Å². The Morgan fingerprint density at radius 3 is 2.59 bits per heavy atom. The van der Waals surface area contributed by atoms with Crippen molar-refractivity contribution in [3.05, 3.63) is 35.6 Å². The summed E-state index contributed by atoms with van der Waals surface area (Å²) in [6, 6.07) is 6.67. The summed E-state index contributed by atoms with van der Waals surface area (Å²) in [4.78, 5) is 20.4. The highest BCUT2D eigenvalue weighted by Crippen LogP contribution is 2.21. The number of guanidine groups is 1. The maximum absolute atomic E-state index is 13.5. The Kier molecular flexibility index (Phi) is 9.70. The van der Waals surface area contributed by atoms with Crippen LogP contribution in [-0.2, 0) is 14.3 Å². The number of nitrogens with zero attached hydrogens (tertiary/aromatic N) is 3. The Morgan fingerprint density at radius 2 is 1.94 bits per heavy atom. The van der Waals surface area contributed by atoms with Gasteiger partial charge in [0.25, 0.3) is 0 Å². The van der Waals surface area contributed by atoms with Gasteiger partial charge in [-0.15, -0.1) is 0 Å². The average molecular weight is 450 g/mol. The van der Waals surface area contributed by atoms with Crippen LogP contribution in [0.2, 0.25) is 0 Å². The van der Waals surface area contributed by atoms with Crippen LogP contribution in [0.3, 0.4) is 0 Å². The maximum Gasteiger partial charge on any atom is 0.243 e. The lowest BCUT2D eigenvalue weighted by Crippen LogP contribution is -2.48. The van der Waals surface area contributed by atoms with Gasteiger partial charge >= 0.3 is 0 Å². The van der Waals surface area contributed by atoms with Crippen molar-refractivity contribution in [2.75, 3.05) is 66.6 Å². The van der Waals surface area contributed by atoms with Crippen LogP contribution in [0.1, 0.15) is 30.9 Å². The van der Waals surface area contributed by atoms with Crippen LogP contribution in [-0.4, -0.2) is 94.4 Å². The smallest absolute Gasteiger partial charge is 0.243 e. The minimum Gasteiger partial charge on any atom is -0.379 e. The van der Waals surface area contributed by atoms with Crippen molar-refractivity contribution in [1.82, 2.24) is 20.4 Å². The first-order valence-corrected chi connectivity index (χ1v) is 11.4. The molecule has 2 fully saturated rings. The van der Waals surface area contributed by atoms with Crippen molar-refractivity contribution in [2.24, 2.45) is 4.99 Å². The first kappa shape index (κ1) is 24.4. The minimum absolute atomic E-state index is 0.0296. The van der Waals surface area contributed by atoms with E-state index >= 15 is 0 Å². The van der Waals surface area contributed by atoms with E-state index in [0.29, 0.717) is 32.3 Å². The Balaban J connectivity index is 1.68. The van der Waals surface area contributed by atoms with Gasteiger partial charge in [-0.1, -0.05) is 12.1 Å². The van der Waals surface area contributed by atoms with Gasteiger partial charge < -0.3 is 25.0 Å². The van der Waals surface area contributed by atoms with Gasteiger partial charge in [-0.25, -0.2) is 9.38 Å². The summed E-state index contributed by atoms with van der Waals surface area (Å²) in [5.41, 5.74) is 1.03. The number of carbonyl (C=O) groups excluding carboxylic acids is 1. The molecule has 2 aliphatic heterocycles. The standard InChI is InChI=1S/C23H36FN5O3/c1-28(2)22(30)17-27-23(25-15-20-5-3-4-12-32-20)26-16-21(29-10-13-31-14-11-29)18-6-8-19(24)9-7-18/h6-9,20-21H,3-5,10-17H2,1-2H3,(H2,25,26,27). The molecule has 0 bridgehead atoms. The van der Waals surface area contributed by atoms with E-state index in [9.17, 15) is 9.18 Å². The number of likely N-dealkylation sites (N-methyl/N-ethyl adjacent to an activating group) is 1. The molecular weight excluding hydrogens is 413 g/mol. The first-order valence-electron chi connectivity index (χ1n) is 11.4. The summed E-state index contributed by atoms with van der Waals surface area (Å²) in [7, 11) is 3.44. The second-order valence-electron chi connectivity index (χ2n) is 8.42. The lowest BCUT2D eigenvalue weighted by atomic mass is 10.0. The fraction of sp³-hybridized carbons (Fsp3) is 0.652. The molecule has 2 atom stereocenters. The SMILES string of the molecule is CN(C)C(=O)CN=C(NCC1CCCCO1)NCC(c1ccc(F)cc1)N1CCOCC1. The largest absolute Gasteiger partial charge is 0.379 e. The second-order valence-corrected chi connectivity index (χ2v) is 8.42. The van der Waals surface area contributed by atoms with Crippen molar-refractivity contribution in [1.29, 1.82) is 0 Å². The van der Waals surface area contributed by atoms with Crippen LogP contribution in [0.15, 0.2) is 29.3 Å². The lowest BCUT2D eigenvalue weighted by molar-refractivity contribution is -0.127. The van der Waals surface area contributed by atoms with Gasteiger partial charge in [-0.3, -0.25) is 9.69 Å². The number of morpholine rings is 1. The van der Waals surface area contributed by atoms with E-state index in [1.807, 2.05) is 12.1 Å². The molecule has 178 valence electrons. The van der Waals surface area contributed by atoms with Crippen LogP contribution in [0.5, 0.6) is 0 Å². The molecule has 2 saturated heterocycles. The summed E-state index contributed by atoms with van der Waals surface area (Å²) in [6.07, 6.45) is 3.43. The average Bonchev–Trinajstić information content (AvgIpc) is 2.82. The molecule has 0 aromatic heterocycles. The number of rotatable bonds is 8. The van der Waals surface area contributed by atoms with Crippen LogP contribution in [0.4, 0.5) is 4.39 Å². The van der Waals surface area contributed by atoms with E-state index in [-0.39, 0.29) is 30.4 Å². The van der Waals surface area contributed by atoms with E-state index in [0.717, 1.165) is 44.5 Å². The molecule has 8 nitrogen and oxygen atoms in total. The zero-order chi connectivity index (χ0) is 22.8. The number of nitrogens with one attached hydrogen (secondary N) is 2. The van der Waals surface area contributed by atoms with Crippen LogP contribution in [0, 0.1) is 5.82 Å². The zero-order valence-electron chi connectivity index (χ0n) is 19.2. The van der Waals surface area contributed by atoms with Crippen molar-refractivity contribution in [2.45, 2.75) is 31.4 Å². The van der Waals surface area contributed by atoms with Crippen molar-refractivity contribution < 1.29 is 18.7 Å². The topological polar surface area (TPSA) is 78.4 Å². The molecule has 0 saturated carbocycles. The monoisotopic (exact) mass is 449 g/mol. The second kappa shape index (κ2) is 12.7. The normalized spacial score (nSPS) is 21.1. The van der Waals surface area contributed by atoms with Gasteiger partial charge in [0.15, 0.2) is 5.96 Å². The fourth-order valence-electron chi connectivity index (χ4n) is 3.87.